The summed E-state index contributed by atoms with van der Waals surface area (Å²) in [5, 5.41) is 6.05. The van der Waals surface area contributed by atoms with Crippen molar-refractivity contribution in [3.05, 3.63) is 46.2 Å². The highest BCUT2D eigenvalue weighted by Crippen LogP contribution is 2.15. The van der Waals surface area contributed by atoms with Gasteiger partial charge in [-0.3, -0.25) is 5.43 Å². The zero-order valence-electron chi connectivity index (χ0n) is 9.25. The third kappa shape index (κ3) is 2.86. The van der Waals surface area contributed by atoms with Crippen LogP contribution < -0.4 is 5.43 Å². The Bertz CT molecular complexity index is 595. The van der Waals surface area contributed by atoms with Crippen LogP contribution in [0.25, 0.3) is 0 Å². The molecule has 18 heavy (non-hydrogen) atoms. The first-order valence-electron chi connectivity index (χ1n) is 4.92. The van der Waals surface area contributed by atoms with Crippen LogP contribution >= 0.6 is 11.3 Å². The Labute approximate surface area is 105 Å². The molecule has 0 aliphatic rings. The third-order valence-corrected chi connectivity index (χ3v) is 2.89. The standard InChI is InChI=1S/C11H8F3N3S/c1-6-5-18-11(16-6)17-15-4-7-2-9(13)10(14)3-8(7)12/h2-5H,1H3,(H,16,17). The van der Waals surface area contributed by atoms with Gasteiger partial charge in [0.15, 0.2) is 11.6 Å². The van der Waals surface area contributed by atoms with Crippen molar-refractivity contribution in [2.75, 3.05) is 5.43 Å². The number of anilines is 1. The van der Waals surface area contributed by atoms with Crippen LogP contribution in [0.3, 0.4) is 0 Å². The second-order valence-corrected chi connectivity index (χ2v) is 4.31. The molecule has 0 aliphatic heterocycles. The van der Waals surface area contributed by atoms with Crippen LogP contribution in [0.4, 0.5) is 18.3 Å². The fourth-order valence-corrected chi connectivity index (χ4v) is 1.84. The first-order valence-corrected chi connectivity index (χ1v) is 5.80. The van der Waals surface area contributed by atoms with E-state index in [0.29, 0.717) is 11.2 Å². The van der Waals surface area contributed by atoms with E-state index in [1.807, 2.05) is 12.3 Å². The molecule has 0 saturated carbocycles. The number of thiazole rings is 1. The van der Waals surface area contributed by atoms with E-state index in [2.05, 4.69) is 15.5 Å². The van der Waals surface area contributed by atoms with Crippen LogP contribution in [0, 0.1) is 24.4 Å². The molecule has 0 aliphatic carbocycles. The van der Waals surface area contributed by atoms with Gasteiger partial charge in [0, 0.05) is 17.0 Å². The normalized spacial score (nSPS) is 11.1. The molecule has 7 heteroatoms. The maximum Gasteiger partial charge on any atom is 0.203 e. The summed E-state index contributed by atoms with van der Waals surface area (Å²) in [6.07, 6.45) is 1.06. The van der Waals surface area contributed by atoms with Gasteiger partial charge in [0.2, 0.25) is 5.13 Å². The Balaban J connectivity index is 2.11. The predicted molar refractivity (Wildman–Crippen MR) is 64.4 cm³/mol. The van der Waals surface area contributed by atoms with E-state index in [4.69, 9.17) is 0 Å². The summed E-state index contributed by atoms with van der Waals surface area (Å²) in [7, 11) is 0. The Morgan fingerprint density at radius 2 is 1.94 bits per heavy atom. The van der Waals surface area contributed by atoms with Crippen LogP contribution in [-0.2, 0) is 0 Å². The van der Waals surface area contributed by atoms with E-state index >= 15 is 0 Å². The highest BCUT2D eigenvalue weighted by molar-refractivity contribution is 7.13. The molecular formula is C11H8F3N3S. The lowest BCUT2D eigenvalue weighted by atomic mass is 10.2. The number of hydrogen-bond donors (Lipinski definition) is 1. The fourth-order valence-electron chi connectivity index (χ4n) is 1.20. The fraction of sp³-hybridized carbons (Fsp3) is 0.0909. The topological polar surface area (TPSA) is 37.3 Å². The van der Waals surface area contributed by atoms with E-state index < -0.39 is 17.5 Å². The molecule has 0 atom stereocenters. The number of benzene rings is 1. The molecule has 1 N–H and O–H groups in total. The average molecular weight is 271 g/mol. The molecule has 2 aromatic rings. The van der Waals surface area contributed by atoms with Crippen molar-refractivity contribution < 1.29 is 13.2 Å². The molecule has 1 heterocycles. The molecule has 94 valence electrons. The molecule has 3 nitrogen and oxygen atoms in total. The summed E-state index contributed by atoms with van der Waals surface area (Å²) >= 11 is 1.33. The Morgan fingerprint density at radius 3 is 2.61 bits per heavy atom. The largest absolute Gasteiger partial charge is 0.253 e. The molecule has 0 fully saturated rings. The van der Waals surface area contributed by atoms with Gasteiger partial charge in [0.1, 0.15) is 5.82 Å². The van der Waals surface area contributed by atoms with E-state index in [1.165, 1.54) is 11.3 Å². The zero-order chi connectivity index (χ0) is 13.1. The molecule has 0 amide bonds. The SMILES string of the molecule is Cc1csc(NN=Cc2cc(F)c(F)cc2F)n1. The lowest BCUT2D eigenvalue weighted by Gasteiger charge is -1.98. The Hall–Kier alpha value is -1.89. The summed E-state index contributed by atoms with van der Waals surface area (Å²) < 4.78 is 38.8. The van der Waals surface area contributed by atoms with Crippen molar-refractivity contribution >= 4 is 22.7 Å². The first kappa shape index (κ1) is 12.6. The number of hydrogen-bond acceptors (Lipinski definition) is 4. The highest BCUT2D eigenvalue weighted by Gasteiger charge is 2.07. The van der Waals surface area contributed by atoms with Crippen LogP contribution in [0.1, 0.15) is 11.3 Å². The third-order valence-electron chi connectivity index (χ3n) is 2.02. The van der Waals surface area contributed by atoms with Gasteiger partial charge >= 0.3 is 0 Å². The van der Waals surface area contributed by atoms with Gasteiger partial charge in [-0.2, -0.15) is 5.10 Å². The summed E-state index contributed by atoms with van der Waals surface area (Å²) in [5.41, 5.74) is 3.26. The maximum atomic E-state index is 13.2. The van der Waals surface area contributed by atoms with E-state index in [9.17, 15) is 13.2 Å². The molecule has 0 bridgehead atoms. The van der Waals surface area contributed by atoms with Gasteiger partial charge in [-0.15, -0.1) is 11.3 Å². The van der Waals surface area contributed by atoms with E-state index in [1.54, 1.807) is 0 Å². The quantitative estimate of drug-likeness (QED) is 0.528. The minimum Gasteiger partial charge on any atom is -0.253 e. The lowest BCUT2D eigenvalue weighted by Crippen LogP contribution is -1.96. The van der Waals surface area contributed by atoms with E-state index in [0.717, 1.165) is 18.0 Å². The lowest BCUT2D eigenvalue weighted by molar-refractivity contribution is 0.494. The van der Waals surface area contributed by atoms with Crippen LogP contribution in [0.5, 0.6) is 0 Å². The molecule has 0 spiro atoms. The van der Waals surface area contributed by atoms with Crippen molar-refractivity contribution in [1.82, 2.24) is 4.98 Å². The first-order chi connectivity index (χ1) is 8.56. The smallest absolute Gasteiger partial charge is 0.203 e. The van der Waals surface area contributed by atoms with Crippen molar-refractivity contribution in [2.24, 2.45) is 5.10 Å². The summed E-state index contributed by atoms with van der Waals surface area (Å²) in [4.78, 5) is 4.06. The highest BCUT2D eigenvalue weighted by atomic mass is 32.1. The monoisotopic (exact) mass is 271 g/mol. The number of aromatic nitrogens is 1. The van der Waals surface area contributed by atoms with Crippen molar-refractivity contribution in [3.63, 3.8) is 0 Å². The van der Waals surface area contributed by atoms with Gasteiger partial charge < -0.3 is 0 Å². The van der Waals surface area contributed by atoms with Gasteiger partial charge in [0.05, 0.1) is 11.9 Å². The summed E-state index contributed by atoms with van der Waals surface area (Å²) in [6.45, 7) is 1.82. The summed E-state index contributed by atoms with van der Waals surface area (Å²) in [6, 6.07) is 1.22. The van der Waals surface area contributed by atoms with Crippen molar-refractivity contribution in [3.8, 4) is 0 Å². The van der Waals surface area contributed by atoms with Gasteiger partial charge in [0.25, 0.3) is 0 Å². The number of rotatable bonds is 3. The molecule has 1 aromatic carbocycles. The molecular weight excluding hydrogens is 263 g/mol. The molecule has 0 radical (unpaired) electrons. The number of halogens is 3. The maximum absolute atomic E-state index is 13.2. The Kier molecular flexibility index (Phi) is 3.61. The van der Waals surface area contributed by atoms with Crippen molar-refractivity contribution in [2.45, 2.75) is 6.92 Å². The van der Waals surface area contributed by atoms with Gasteiger partial charge in [-0.25, -0.2) is 18.2 Å². The molecule has 0 saturated heterocycles. The minimum atomic E-state index is -1.23. The number of nitrogens with one attached hydrogen (secondary N) is 1. The van der Waals surface area contributed by atoms with Crippen molar-refractivity contribution in [1.29, 1.82) is 0 Å². The molecule has 0 unspecified atom stereocenters. The average Bonchev–Trinajstić information content (AvgIpc) is 2.71. The van der Waals surface area contributed by atoms with E-state index in [-0.39, 0.29) is 5.56 Å². The molecule has 2 rings (SSSR count). The number of hydrazone groups is 1. The summed E-state index contributed by atoms with van der Waals surface area (Å²) in [5.74, 6) is -3.23. The number of aryl methyl sites for hydroxylation is 1. The van der Waals surface area contributed by atoms with Crippen LogP contribution in [0.2, 0.25) is 0 Å². The van der Waals surface area contributed by atoms with Gasteiger partial charge in [-0.05, 0) is 13.0 Å². The second-order valence-electron chi connectivity index (χ2n) is 3.45. The van der Waals surface area contributed by atoms with Gasteiger partial charge in [-0.1, -0.05) is 0 Å². The molecule has 1 aromatic heterocycles. The Morgan fingerprint density at radius 1 is 1.22 bits per heavy atom. The second kappa shape index (κ2) is 5.18. The zero-order valence-corrected chi connectivity index (χ0v) is 10.1. The van der Waals surface area contributed by atoms with Crippen LogP contribution in [0.15, 0.2) is 22.6 Å². The number of nitrogens with zero attached hydrogens (tertiary/aromatic N) is 2. The minimum absolute atomic E-state index is 0.144. The predicted octanol–water partition coefficient (Wildman–Crippen LogP) is 3.31. The van der Waals surface area contributed by atoms with Crippen LogP contribution in [-0.4, -0.2) is 11.2 Å².